The predicted molar refractivity (Wildman–Crippen MR) is 94.6 cm³/mol. The molecule has 4 rings (SSSR count). The van der Waals surface area contributed by atoms with E-state index in [1.165, 1.54) is 13.0 Å². The van der Waals surface area contributed by atoms with Gasteiger partial charge in [0.25, 0.3) is 0 Å². The zero-order valence-electron chi connectivity index (χ0n) is 16.4. The van der Waals surface area contributed by atoms with E-state index in [0.717, 1.165) is 0 Å². The van der Waals surface area contributed by atoms with E-state index in [9.17, 15) is 35.1 Å². The molecule has 0 radical (unpaired) electrons. The molecule has 0 amide bonds. The summed E-state index contributed by atoms with van der Waals surface area (Å²) >= 11 is 0. The smallest absolute Gasteiger partial charge is 0.335 e. The Kier molecular flexibility index (Phi) is 4.02. The molecule has 3 aliphatic carbocycles. The average Bonchev–Trinajstić information content (AvgIpc) is 2.58. The highest BCUT2D eigenvalue weighted by Gasteiger charge is 2.76. The number of hydrogen-bond donors (Lipinski definition) is 5. The Bertz CT molecular complexity index is 774. The zero-order chi connectivity index (χ0) is 21.0. The van der Waals surface area contributed by atoms with Crippen LogP contribution in [0.1, 0.15) is 34.1 Å². The SMILES string of the molecule is CC1=CC(=O)C(O)C2(C)[C@H]1CC1OC(=O)C(O)C3C1(C)[C@@H]2C(O)[C@H](O)[C@]3(C)O. The summed E-state index contributed by atoms with van der Waals surface area (Å²) in [7, 11) is 0. The second-order valence-electron chi connectivity index (χ2n) is 9.70. The van der Waals surface area contributed by atoms with Crippen molar-refractivity contribution in [3.63, 3.8) is 0 Å². The van der Waals surface area contributed by atoms with Crippen LogP contribution < -0.4 is 0 Å². The van der Waals surface area contributed by atoms with Crippen LogP contribution in [0.3, 0.4) is 0 Å². The number of rotatable bonds is 0. The lowest BCUT2D eigenvalue weighted by atomic mass is 9.37. The van der Waals surface area contributed by atoms with Crippen molar-refractivity contribution in [2.45, 2.75) is 70.2 Å². The van der Waals surface area contributed by atoms with Crippen LogP contribution in [0.25, 0.3) is 0 Å². The number of hydrogen-bond acceptors (Lipinski definition) is 8. The van der Waals surface area contributed by atoms with E-state index >= 15 is 0 Å². The van der Waals surface area contributed by atoms with E-state index < -0.39 is 70.5 Å². The van der Waals surface area contributed by atoms with Gasteiger partial charge in [0, 0.05) is 22.7 Å². The molecule has 156 valence electrons. The van der Waals surface area contributed by atoms with E-state index in [2.05, 4.69) is 0 Å². The van der Waals surface area contributed by atoms with Crippen molar-refractivity contribution in [3.05, 3.63) is 11.6 Å². The van der Waals surface area contributed by atoms with Gasteiger partial charge in [-0.25, -0.2) is 4.79 Å². The normalized spacial score (nSPS) is 58.4. The highest BCUT2D eigenvalue weighted by molar-refractivity contribution is 5.96. The van der Waals surface area contributed by atoms with Gasteiger partial charge < -0.3 is 30.3 Å². The van der Waals surface area contributed by atoms with Gasteiger partial charge in [0.05, 0.1) is 11.7 Å². The monoisotopic (exact) mass is 396 g/mol. The van der Waals surface area contributed by atoms with Gasteiger partial charge in [-0.15, -0.1) is 0 Å². The van der Waals surface area contributed by atoms with E-state index in [1.807, 2.05) is 0 Å². The quantitative estimate of drug-likeness (QED) is 0.325. The minimum atomic E-state index is -1.97. The third-order valence-corrected chi connectivity index (χ3v) is 8.39. The number of ketones is 1. The van der Waals surface area contributed by atoms with Crippen LogP contribution >= 0.6 is 0 Å². The van der Waals surface area contributed by atoms with Crippen LogP contribution in [0.15, 0.2) is 11.6 Å². The number of allylic oxidation sites excluding steroid dienone is 1. The van der Waals surface area contributed by atoms with Crippen LogP contribution in [0.2, 0.25) is 0 Å². The fourth-order valence-corrected chi connectivity index (χ4v) is 7.21. The Labute approximate surface area is 162 Å². The molecule has 7 unspecified atom stereocenters. The Hall–Kier alpha value is -1.32. The summed E-state index contributed by atoms with van der Waals surface area (Å²) in [6.45, 7) is 6.43. The van der Waals surface area contributed by atoms with Gasteiger partial charge in [0.1, 0.15) is 18.3 Å². The summed E-state index contributed by atoms with van der Waals surface area (Å²) in [5.41, 5.74) is -3.60. The van der Waals surface area contributed by atoms with Crippen molar-refractivity contribution in [1.82, 2.24) is 0 Å². The minimum absolute atomic E-state index is 0.282. The summed E-state index contributed by atoms with van der Waals surface area (Å²) in [5, 5.41) is 54.4. The molecule has 28 heavy (non-hydrogen) atoms. The second kappa shape index (κ2) is 5.64. The van der Waals surface area contributed by atoms with Gasteiger partial charge in [-0.3, -0.25) is 4.79 Å². The van der Waals surface area contributed by atoms with Crippen molar-refractivity contribution in [2.24, 2.45) is 28.6 Å². The molecule has 0 aromatic carbocycles. The molecule has 11 atom stereocenters. The topological polar surface area (TPSA) is 145 Å². The van der Waals surface area contributed by atoms with Crippen LogP contribution in [0.5, 0.6) is 0 Å². The summed E-state index contributed by atoms with van der Waals surface area (Å²) in [6, 6.07) is 0. The van der Waals surface area contributed by atoms with Gasteiger partial charge in [0.2, 0.25) is 0 Å². The van der Waals surface area contributed by atoms with Crippen molar-refractivity contribution < 1.29 is 39.9 Å². The molecular weight excluding hydrogens is 368 g/mol. The van der Waals surface area contributed by atoms with Crippen molar-refractivity contribution in [3.8, 4) is 0 Å². The molecule has 0 aromatic rings. The fraction of sp³-hybridized carbons (Fsp3) is 0.800. The lowest BCUT2D eigenvalue weighted by molar-refractivity contribution is -0.335. The molecule has 8 heteroatoms. The number of carbonyl (C=O) groups excluding carboxylic acids is 2. The number of esters is 1. The molecule has 0 spiro atoms. The molecule has 4 aliphatic rings. The number of aliphatic hydroxyl groups is 5. The van der Waals surface area contributed by atoms with Crippen molar-refractivity contribution in [2.75, 3.05) is 0 Å². The maximum absolute atomic E-state index is 12.5. The number of fused-ring (bicyclic) bond motifs is 2. The standard InChI is InChI=1S/C20H28O8/c1-7-5-9(21)15(24)18(2)8(7)6-10-19(3)13(18)11(22)16(25)20(4,27)14(19)12(23)17(26)28-10/h5,8,10-16,22-25,27H,6H2,1-4H3/t8-,10?,11?,12?,13+,14?,15?,16-,18?,19?,20+/m0/s1. The Morgan fingerprint density at radius 3 is 2.25 bits per heavy atom. The van der Waals surface area contributed by atoms with Crippen LogP contribution in [0.4, 0.5) is 0 Å². The first-order valence-corrected chi connectivity index (χ1v) is 9.67. The third-order valence-electron chi connectivity index (χ3n) is 8.39. The third kappa shape index (κ3) is 2.02. The summed E-state index contributed by atoms with van der Waals surface area (Å²) < 4.78 is 5.54. The first kappa shape index (κ1) is 20.0. The van der Waals surface area contributed by atoms with Gasteiger partial charge in [0.15, 0.2) is 11.9 Å². The lowest BCUT2D eigenvalue weighted by Gasteiger charge is -2.70. The zero-order valence-corrected chi connectivity index (χ0v) is 16.4. The highest BCUT2D eigenvalue weighted by Crippen LogP contribution is 2.68. The summed E-state index contributed by atoms with van der Waals surface area (Å²) in [4.78, 5) is 24.8. The molecule has 8 nitrogen and oxygen atoms in total. The molecule has 5 N–H and O–H groups in total. The van der Waals surface area contributed by atoms with Crippen LogP contribution in [-0.2, 0) is 14.3 Å². The van der Waals surface area contributed by atoms with E-state index in [1.54, 1.807) is 20.8 Å². The molecular formula is C20H28O8. The molecule has 1 heterocycles. The summed E-state index contributed by atoms with van der Waals surface area (Å²) in [6.07, 6.45) is -5.40. The Morgan fingerprint density at radius 2 is 1.64 bits per heavy atom. The molecule has 1 aliphatic heterocycles. The second-order valence-corrected chi connectivity index (χ2v) is 9.70. The van der Waals surface area contributed by atoms with Gasteiger partial charge in [-0.2, -0.15) is 0 Å². The lowest BCUT2D eigenvalue weighted by Crippen LogP contribution is -2.80. The fourth-order valence-electron chi connectivity index (χ4n) is 7.21. The molecule has 0 aromatic heterocycles. The predicted octanol–water partition coefficient (Wildman–Crippen LogP) is -1.09. The Morgan fingerprint density at radius 1 is 1.04 bits per heavy atom. The number of carbonyl (C=O) groups is 2. The van der Waals surface area contributed by atoms with Crippen molar-refractivity contribution in [1.29, 1.82) is 0 Å². The largest absolute Gasteiger partial charge is 0.460 e. The van der Waals surface area contributed by atoms with Gasteiger partial charge in [-0.1, -0.05) is 19.4 Å². The van der Waals surface area contributed by atoms with E-state index in [0.29, 0.717) is 5.57 Å². The molecule has 1 saturated heterocycles. The van der Waals surface area contributed by atoms with E-state index in [4.69, 9.17) is 4.74 Å². The van der Waals surface area contributed by atoms with E-state index in [-0.39, 0.29) is 12.3 Å². The first-order chi connectivity index (χ1) is 12.8. The maximum atomic E-state index is 12.5. The Balaban J connectivity index is 1.99. The highest BCUT2D eigenvalue weighted by atomic mass is 16.6. The van der Waals surface area contributed by atoms with Gasteiger partial charge in [-0.05, 0) is 32.3 Å². The summed E-state index contributed by atoms with van der Waals surface area (Å²) in [5.74, 6) is -3.79. The average molecular weight is 396 g/mol. The number of aliphatic hydroxyl groups excluding tert-OH is 4. The number of ether oxygens (including phenoxy) is 1. The van der Waals surface area contributed by atoms with Gasteiger partial charge >= 0.3 is 5.97 Å². The van der Waals surface area contributed by atoms with Crippen molar-refractivity contribution >= 4 is 11.8 Å². The first-order valence-electron chi connectivity index (χ1n) is 9.67. The van der Waals surface area contributed by atoms with Crippen LogP contribution in [0, 0.1) is 28.6 Å². The van der Waals surface area contributed by atoms with Crippen LogP contribution in [-0.4, -0.2) is 73.4 Å². The molecule has 0 bridgehead atoms. The molecule has 3 fully saturated rings. The minimum Gasteiger partial charge on any atom is -0.460 e. The maximum Gasteiger partial charge on any atom is 0.335 e. The molecule has 2 saturated carbocycles.